The van der Waals surface area contributed by atoms with Gasteiger partial charge >= 0.3 is 0 Å². The SMILES string of the molecule is CN(C)c1nc(C2O[C@H](CO)[C@@H](O)[C@H]2O)nc2nc[nH]c12. The van der Waals surface area contributed by atoms with Crippen molar-refractivity contribution in [2.75, 3.05) is 25.6 Å². The molecule has 21 heavy (non-hydrogen) atoms. The molecular formula is C12H17N5O4. The minimum atomic E-state index is -1.20. The van der Waals surface area contributed by atoms with Crippen LogP contribution in [0.1, 0.15) is 11.9 Å². The maximum absolute atomic E-state index is 10.1. The first-order valence-electron chi connectivity index (χ1n) is 6.53. The predicted octanol–water partition coefficient (Wildman–Crippen LogP) is -1.43. The number of aliphatic hydroxyl groups excluding tert-OH is 3. The fourth-order valence-electron chi connectivity index (χ4n) is 2.40. The molecule has 1 unspecified atom stereocenters. The van der Waals surface area contributed by atoms with Crippen LogP contribution < -0.4 is 4.90 Å². The number of hydrogen-bond donors (Lipinski definition) is 4. The van der Waals surface area contributed by atoms with Crippen molar-refractivity contribution in [3.05, 3.63) is 12.2 Å². The molecule has 9 heteroatoms. The van der Waals surface area contributed by atoms with Gasteiger partial charge in [-0.1, -0.05) is 0 Å². The predicted molar refractivity (Wildman–Crippen MR) is 72.7 cm³/mol. The first-order chi connectivity index (χ1) is 10.0. The van der Waals surface area contributed by atoms with Crippen LogP contribution >= 0.6 is 0 Å². The summed E-state index contributed by atoms with van der Waals surface area (Å²) >= 11 is 0. The Morgan fingerprint density at radius 3 is 2.67 bits per heavy atom. The molecule has 1 aliphatic rings. The molecule has 1 aliphatic heterocycles. The molecule has 4 N–H and O–H groups in total. The molecule has 2 aromatic rings. The quantitative estimate of drug-likeness (QED) is 0.543. The van der Waals surface area contributed by atoms with Crippen molar-refractivity contribution in [3.8, 4) is 0 Å². The highest BCUT2D eigenvalue weighted by Crippen LogP contribution is 2.33. The number of rotatable bonds is 3. The van der Waals surface area contributed by atoms with Crippen molar-refractivity contribution in [1.29, 1.82) is 0 Å². The normalized spacial score (nSPS) is 29.2. The van der Waals surface area contributed by atoms with Gasteiger partial charge in [0, 0.05) is 14.1 Å². The topological polar surface area (TPSA) is 128 Å². The van der Waals surface area contributed by atoms with Crippen molar-refractivity contribution < 1.29 is 20.1 Å². The summed E-state index contributed by atoms with van der Waals surface area (Å²) in [5, 5.41) is 29.0. The van der Waals surface area contributed by atoms with E-state index in [4.69, 9.17) is 9.84 Å². The van der Waals surface area contributed by atoms with Gasteiger partial charge in [-0.15, -0.1) is 0 Å². The molecule has 1 fully saturated rings. The maximum atomic E-state index is 10.1. The molecular weight excluding hydrogens is 278 g/mol. The molecule has 0 saturated carbocycles. The van der Waals surface area contributed by atoms with E-state index in [9.17, 15) is 10.2 Å². The van der Waals surface area contributed by atoms with E-state index in [2.05, 4.69) is 19.9 Å². The molecule has 0 aliphatic carbocycles. The van der Waals surface area contributed by atoms with Gasteiger partial charge in [-0.05, 0) is 0 Å². The van der Waals surface area contributed by atoms with E-state index in [1.54, 1.807) is 4.90 Å². The standard InChI is InChI=1S/C12H17N5O4/c1-17(2)12-6-10(14-4-13-6)15-11(16-12)9-8(20)7(19)5(3-18)21-9/h4-5,7-9,18-20H,3H2,1-2H3,(H,13,14,15,16)/t5-,7-,8-,9?/m1/s1. The molecule has 114 valence electrons. The van der Waals surface area contributed by atoms with Gasteiger partial charge in [-0.25, -0.2) is 15.0 Å². The zero-order valence-corrected chi connectivity index (χ0v) is 11.6. The summed E-state index contributed by atoms with van der Waals surface area (Å²) in [6, 6.07) is 0. The zero-order chi connectivity index (χ0) is 15.1. The Balaban J connectivity index is 2.05. The van der Waals surface area contributed by atoms with Crippen LogP contribution in [0.2, 0.25) is 0 Å². The molecule has 1 saturated heterocycles. The van der Waals surface area contributed by atoms with Crippen LogP contribution in [0.15, 0.2) is 6.33 Å². The lowest BCUT2D eigenvalue weighted by atomic mass is 10.1. The van der Waals surface area contributed by atoms with E-state index in [0.717, 1.165) is 0 Å². The van der Waals surface area contributed by atoms with Gasteiger partial charge < -0.3 is 29.9 Å². The van der Waals surface area contributed by atoms with Crippen LogP contribution in [0.3, 0.4) is 0 Å². The minimum Gasteiger partial charge on any atom is -0.394 e. The van der Waals surface area contributed by atoms with Gasteiger partial charge in [0.15, 0.2) is 17.3 Å². The number of hydrogen-bond acceptors (Lipinski definition) is 8. The average molecular weight is 295 g/mol. The Hall–Kier alpha value is -1.81. The number of H-pyrrole nitrogens is 1. The number of nitrogens with one attached hydrogen (secondary N) is 1. The highest BCUT2D eigenvalue weighted by atomic mass is 16.6. The molecule has 0 amide bonds. The van der Waals surface area contributed by atoms with Crippen LogP contribution in [-0.2, 0) is 4.74 Å². The van der Waals surface area contributed by atoms with Gasteiger partial charge in [0.25, 0.3) is 0 Å². The van der Waals surface area contributed by atoms with E-state index in [0.29, 0.717) is 17.0 Å². The Labute approximate surface area is 120 Å². The van der Waals surface area contributed by atoms with Crippen molar-refractivity contribution in [3.63, 3.8) is 0 Å². The second-order valence-electron chi connectivity index (χ2n) is 5.16. The van der Waals surface area contributed by atoms with Crippen LogP contribution in [0.25, 0.3) is 11.2 Å². The average Bonchev–Trinajstić information content (AvgIpc) is 3.03. The number of imidazole rings is 1. The fraction of sp³-hybridized carbons (Fsp3) is 0.583. The molecule has 0 bridgehead atoms. The van der Waals surface area contributed by atoms with Gasteiger partial charge in [-0.2, -0.15) is 0 Å². The summed E-state index contributed by atoms with van der Waals surface area (Å²) in [6.07, 6.45) is -2.63. The highest BCUT2D eigenvalue weighted by Gasteiger charge is 2.44. The largest absolute Gasteiger partial charge is 0.394 e. The van der Waals surface area contributed by atoms with Crippen molar-refractivity contribution >= 4 is 17.0 Å². The lowest BCUT2D eigenvalue weighted by molar-refractivity contribution is -0.0251. The minimum absolute atomic E-state index is 0.223. The zero-order valence-electron chi connectivity index (χ0n) is 11.6. The van der Waals surface area contributed by atoms with E-state index in [1.165, 1.54) is 6.33 Å². The number of ether oxygens (including phenoxy) is 1. The summed E-state index contributed by atoms with van der Waals surface area (Å²) in [7, 11) is 3.65. The smallest absolute Gasteiger partial charge is 0.183 e. The Morgan fingerprint density at radius 2 is 2.05 bits per heavy atom. The molecule has 0 aromatic carbocycles. The summed E-state index contributed by atoms with van der Waals surface area (Å²) in [4.78, 5) is 17.5. The molecule has 9 nitrogen and oxygen atoms in total. The number of aromatic amines is 1. The summed E-state index contributed by atoms with van der Waals surface area (Å²) < 4.78 is 5.45. The number of aromatic nitrogens is 4. The third-order valence-electron chi connectivity index (χ3n) is 3.50. The fourth-order valence-corrected chi connectivity index (χ4v) is 2.40. The summed E-state index contributed by atoms with van der Waals surface area (Å²) in [6.45, 7) is -0.389. The Kier molecular flexibility index (Phi) is 3.49. The molecule has 0 spiro atoms. The first-order valence-corrected chi connectivity index (χ1v) is 6.53. The van der Waals surface area contributed by atoms with E-state index in [1.807, 2.05) is 14.1 Å². The van der Waals surface area contributed by atoms with Gasteiger partial charge in [0.2, 0.25) is 0 Å². The molecule has 0 radical (unpaired) electrons. The summed E-state index contributed by atoms with van der Waals surface area (Å²) in [5.41, 5.74) is 1.12. The lowest BCUT2D eigenvalue weighted by Crippen LogP contribution is -2.32. The number of nitrogens with zero attached hydrogens (tertiary/aromatic N) is 4. The van der Waals surface area contributed by atoms with Crippen molar-refractivity contribution in [2.24, 2.45) is 0 Å². The Morgan fingerprint density at radius 1 is 1.29 bits per heavy atom. The number of fused-ring (bicyclic) bond motifs is 1. The van der Waals surface area contributed by atoms with Crippen LogP contribution in [0.4, 0.5) is 5.82 Å². The van der Waals surface area contributed by atoms with Crippen molar-refractivity contribution in [2.45, 2.75) is 24.4 Å². The van der Waals surface area contributed by atoms with Gasteiger partial charge in [-0.3, -0.25) is 0 Å². The maximum Gasteiger partial charge on any atom is 0.183 e. The summed E-state index contributed by atoms with van der Waals surface area (Å²) in [5.74, 6) is 0.825. The van der Waals surface area contributed by atoms with Crippen molar-refractivity contribution in [1.82, 2.24) is 19.9 Å². The second-order valence-corrected chi connectivity index (χ2v) is 5.16. The van der Waals surface area contributed by atoms with Crippen LogP contribution in [-0.4, -0.2) is 74.3 Å². The second kappa shape index (κ2) is 5.19. The highest BCUT2D eigenvalue weighted by molar-refractivity contribution is 5.82. The molecule has 4 atom stereocenters. The lowest BCUT2D eigenvalue weighted by Gasteiger charge is -2.17. The Bertz CT molecular complexity index is 646. The third kappa shape index (κ3) is 2.23. The first kappa shape index (κ1) is 14.1. The number of aliphatic hydroxyl groups is 3. The van der Waals surface area contributed by atoms with Crippen LogP contribution in [0, 0.1) is 0 Å². The van der Waals surface area contributed by atoms with Crippen LogP contribution in [0.5, 0.6) is 0 Å². The van der Waals surface area contributed by atoms with E-state index in [-0.39, 0.29) is 12.4 Å². The molecule has 2 aromatic heterocycles. The third-order valence-corrected chi connectivity index (χ3v) is 3.50. The molecule has 3 heterocycles. The molecule has 3 rings (SSSR count). The van der Waals surface area contributed by atoms with Gasteiger partial charge in [0.1, 0.15) is 29.9 Å². The van der Waals surface area contributed by atoms with E-state index < -0.39 is 24.4 Å². The monoisotopic (exact) mass is 295 g/mol. The number of anilines is 1. The van der Waals surface area contributed by atoms with E-state index >= 15 is 0 Å². The van der Waals surface area contributed by atoms with Gasteiger partial charge in [0.05, 0.1) is 12.9 Å².